The summed E-state index contributed by atoms with van der Waals surface area (Å²) in [6.07, 6.45) is 8.33. The molecule has 0 amide bonds. The summed E-state index contributed by atoms with van der Waals surface area (Å²) in [6, 6.07) is 10.8. The molecule has 0 radical (unpaired) electrons. The maximum Gasteiger partial charge on any atom is 0.156 e. The summed E-state index contributed by atoms with van der Waals surface area (Å²) in [7, 11) is 0. The molecule has 4 atom stereocenters. The number of carbonyl (C=O) groups is 2. The van der Waals surface area contributed by atoms with Gasteiger partial charge in [0, 0.05) is 24.2 Å². The fourth-order valence-corrected chi connectivity index (χ4v) is 6.42. The molecule has 2 nitrogen and oxygen atoms in total. The van der Waals surface area contributed by atoms with Crippen LogP contribution in [0.5, 0.6) is 0 Å². The summed E-state index contributed by atoms with van der Waals surface area (Å²) in [5.41, 5.74) is 5.52. The molecule has 2 heteroatoms. The lowest BCUT2D eigenvalue weighted by atomic mass is 9.53. The van der Waals surface area contributed by atoms with Gasteiger partial charge < -0.3 is 0 Å². The van der Waals surface area contributed by atoms with Gasteiger partial charge in [0.1, 0.15) is 5.78 Å². The molecule has 0 saturated heterocycles. The largest absolute Gasteiger partial charge is 0.299 e. The Balaban J connectivity index is 1.70. The highest BCUT2D eigenvalue weighted by Crippen LogP contribution is 2.62. The lowest BCUT2D eigenvalue weighted by Crippen LogP contribution is -2.43. The van der Waals surface area contributed by atoms with Crippen LogP contribution in [0.25, 0.3) is 0 Å². The number of rotatable bonds is 1. The third kappa shape index (κ3) is 2.24. The van der Waals surface area contributed by atoms with Crippen LogP contribution < -0.4 is 0 Å². The number of Topliss-reactive ketones (excluding diaryl/α,β-unsaturated/α-hetero) is 1. The van der Waals surface area contributed by atoms with E-state index in [-0.39, 0.29) is 11.2 Å². The van der Waals surface area contributed by atoms with E-state index in [2.05, 4.69) is 37.3 Å². The molecule has 0 spiro atoms. The Kier molecular flexibility index (Phi) is 3.60. The summed E-state index contributed by atoms with van der Waals surface area (Å²) in [4.78, 5) is 24.8. The van der Waals surface area contributed by atoms with Crippen molar-refractivity contribution >= 4 is 11.6 Å². The van der Waals surface area contributed by atoms with E-state index in [4.69, 9.17) is 0 Å². The number of benzene rings is 1. The van der Waals surface area contributed by atoms with Gasteiger partial charge in [-0.15, -0.1) is 0 Å². The van der Waals surface area contributed by atoms with Gasteiger partial charge in [-0.3, -0.25) is 9.59 Å². The molecule has 2 saturated carbocycles. The SMILES string of the molecule is C[C@]12C[C@@H](c3ccccc3)C3=C4CCC(=O)C=C4CCC3C1CCC2=O. The average molecular weight is 346 g/mol. The first kappa shape index (κ1) is 16.2. The predicted molar refractivity (Wildman–Crippen MR) is 102 cm³/mol. The number of fused-ring (bicyclic) bond motifs is 4. The zero-order valence-electron chi connectivity index (χ0n) is 15.5. The van der Waals surface area contributed by atoms with E-state index in [1.807, 2.05) is 6.08 Å². The smallest absolute Gasteiger partial charge is 0.156 e. The van der Waals surface area contributed by atoms with Crippen molar-refractivity contribution < 1.29 is 9.59 Å². The molecular formula is C24H26O2. The van der Waals surface area contributed by atoms with Crippen LogP contribution in [0.4, 0.5) is 0 Å². The van der Waals surface area contributed by atoms with Crippen LogP contribution in [0.3, 0.4) is 0 Å². The minimum Gasteiger partial charge on any atom is -0.299 e. The van der Waals surface area contributed by atoms with Gasteiger partial charge in [0.05, 0.1) is 0 Å². The lowest BCUT2D eigenvalue weighted by Gasteiger charge is -2.50. The summed E-state index contributed by atoms with van der Waals surface area (Å²) in [5, 5.41) is 0. The number of allylic oxidation sites excluding steroid dienone is 4. The number of hydrogen-bond acceptors (Lipinski definition) is 2. The van der Waals surface area contributed by atoms with Crippen LogP contribution in [-0.4, -0.2) is 11.6 Å². The minimum absolute atomic E-state index is 0.166. The van der Waals surface area contributed by atoms with Crippen LogP contribution >= 0.6 is 0 Å². The van der Waals surface area contributed by atoms with Crippen LogP contribution in [0, 0.1) is 17.3 Å². The maximum absolute atomic E-state index is 12.8. The van der Waals surface area contributed by atoms with Gasteiger partial charge in [-0.05, 0) is 66.7 Å². The Hall–Kier alpha value is -1.96. The molecule has 0 heterocycles. The van der Waals surface area contributed by atoms with E-state index < -0.39 is 0 Å². The van der Waals surface area contributed by atoms with E-state index in [1.165, 1.54) is 16.7 Å². The second-order valence-electron chi connectivity index (χ2n) is 8.87. The molecular weight excluding hydrogens is 320 g/mol. The molecule has 134 valence electrons. The molecule has 0 aliphatic heterocycles. The monoisotopic (exact) mass is 346 g/mol. The van der Waals surface area contributed by atoms with Crippen molar-refractivity contribution in [1.82, 2.24) is 0 Å². The molecule has 4 aliphatic carbocycles. The maximum atomic E-state index is 12.8. The molecule has 26 heavy (non-hydrogen) atoms. The lowest BCUT2D eigenvalue weighted by molar-refractivity contribution is -0.128. The Morgan fingerprint density at radius 2 is 1.77 bits per heavy atom. The zero-order valence-corrected chi connectivity index (χ0v) is 15.5. The van der Waals surface area contributed by atoms with Crippen molar-refractivity contribution in [3.05, 3.63) is 58.7 Å². The van der Waals surface area contributed by atoms with E-state index in [9.17, 15) is 9.59 Å². The Labute approximate surface area is 155 Å². The Bertz CT molecular complexity index is 844. The van der Waals surface area contributed by atoms with Crippen LogP contribution in [0.1, 0.15) is 63.4 Å². The van der Waals surface area contributed by atoms with E-state index in [1.54, 1.807) is 5.57 Å². The normalized spacial score (nSPS) is 36.3. The van der Waals surface area contributed by atoms with Gasteiger partial charge >= 0.3 is 0 Å². The van der Waals surface area contributed by atoms with Crippen molar-refractivity contribution in [2.75, 3.05) is 0 Å². The molecule has 0 aromatic heterocycles. The van der Waals surface area contributed by atoms with Gasteiger partial charge in [0.25, 0.3) is 0 Å². The van der Waals surface area contributed by atoms with Gasteiger partial charge in [-0.2, -0.15) is 0 Å². The molecule has 0 bridgehead atoms. The summed E-state index contributed by atoms with van der Waals surface area (Å²) < 4.78 is 0. The summed E-state index contributed by atoms with van der Waals surface area (Å²) in [5.74, 6) is 2.11. The molecule has 0 N–H and O–H groups in total. The fraction of sp³-hybridized carbons (Fsp3) is 0.500. The van der Waals surface area contributed by atoms with Crippen LogP contribution in [0.2, 0.25) is 0 Å². The van der Waals surface area contributed by atoms with Gasteiger partial charge in [0.2, 0.25) is 0 Å². The quantitative estimate of drug-likeness (QED) is 0.704. The first-order valence-corrected chi connectivity index (χ1v) is 10.1. The first-order chi connectivity index (χ1) is 12.6. The third-order valence-corrected chi connectivity index (χ3v) is 7.65. The minimum atomic E-state index is -0.166. The molecule has 1 aromatic rings. The fourth-order valence-electron chi connectivity index (χ4n) is 6.42. The van der Waals surface area contributed by atoms with E-state index >= 15 is 0 Å². The van der Waals surface area contributed by atoms with Crippen LogP contribution in [-0.2, 0) is 9.59 Å². The topological polar surface area (TPSA) is 34.1 Å². The van der Waals surface area contributed by atoms with Gasteiger partial charge in [-0.25, -0.2) is 0 Å². The standard InChI is InChI=1S/C24H26O2/c1-24-14-20(15-5-3-2-4-6-15)23-18-10-8-17(25)13-16(18)7-9-19(23)21(24)11-12-22(24)26/h2-6,13,19-21H,7-12,14H2,1H3/t19?,20-,21?,24-/m0/s1. The van der Waals surface area contributed by atoms with Crippen molar-refractivity contribution in [1.29, 1.82) is 0 Å². The van der Waals surface area contributed by atoms with Crippen molar-refractivity contribution in [2.45, 2.75) is 57.8 Å². The molecule has 1 aromatic carbocycles. The highest BCUT2D eigenvalue weighted by Gasteiger charge is 2.56. The first-order valence-electron chi connectivity index (χ1n) is 10.1. The molecule has 4 aliphatic rings. The molecule has 2 unspecified atom stereocenters. The van der Waals surface area contributed by atoms with Gasteiger partial charge in [-0.1, -0.05) is 42.8 Å². The highest BCUT2D eigenvalue weighted by molar-refractivity contribution is 5.93. The highest BCUT2D eigenvalue weighted by atomic mass is 16.1. The second-order valence-corrected chi connectivity index (χ2v) is 8.87. The average Bonchev–Trinajstić information content (AvgIpc) is 2.96. The van der Waals surface area contributed by atoms with E-state index in [0.717, 1.165) is 38.5 Å². The number of hydrogen-bond donors (Lipinski definition) is 0. The molecule has 5 rings (SSSR count). The van der Waals surface area contributed by atoms with Crippen molar-refractivity contribution in [3.63, 3.8) is 0 Å². The number of carbonyl (C=O) groups excluding carboxylic acids is 2. The molecule has 2 fully saturated rings. The van der Waals surface area contributed by atoms with Crippen molar-refractivity contribution in [3.8, 4) is 0 Å². The summed E-state index contributed by atoms with van der Waals surface area (Å²) in [6.45, 7) is 2.24. The Morgan fingerprint density at radius 1 is 0.962 bits per heavy atom. The predicted octanol–water partition coefficient (Wildman–Crippen LogP) is 5.16. The second kappa shape index (κ2) is 5.77. The van der Waals surface area contributed by atoms with E-state index in [0.29, 0.717) is 30.0 Å². The zero-order chi connectivity index (χ0) is 17.9. The number of ketones is 2. The Morgan fingerprint density at radius 3 is 2.58 bits per heavy atom. The van der Waals surface area contributed by atoms with Crippen molar-refractivity contribution in [2.24, 2.45) is 17.3 Å². The third-order valence-electron chi connectivity index (χ3n) is 7.65. The summed E-state index contributed by atoms with van der Waals surface area (Å²) >= 11 is 0. The van der Waals surface area contributed by atoms with Gasteiger partial charge in [0.15, 0.2) is 5.78 Å². The van der Waals surface area contributed by atoms with Crippen LogP contribution in [0.15, 0.2) is 53.1 Å².